The highest BCUT2D eigenvalue weighted by molar-refractivity contribution is 4.91. The summed E-state index contributed by atoms with van der Waals surface area (Å²) in [4.78, 5) is 0. The third-order valence-electron chi connectivity index (χ3n) is 4.03. The lowest BCUT2D eigenvalue weighted by Crippen LogP contribution is -2.63. The van der Waals surface area contributed by atoms with Gasteiger partial charge in [-0.05, 0) is 18.8 Å². The van der Waals surface area contributed by atoms with Crippen molar-refractivity contribution in [1.82, 2.24) is 0 Å². The maximum absolute atomic E-state index is 5.83. The zero-order chi connectivity index (χ0) is 10.9. The van der Waals surface area contributed by atoms with E-state index in [1.165, 1.54) is 32.1 Å². The molecule has 1 aliphatic heterocycles. The number of hydrogen-bond acceptors (Lipinski definition) is 3. The monoisotopic (exact) mass is 214 g/mol. The van der Waals surface area contributed by atoms with Crippen LogP contribution in [0.4, 0.5) is 0 Å². The van der Waals surface area contributed by atoms with Crippen molar-refractivity contribution in [1.29, 1.82) is 0 Å². The van der Waals surface area contributed by atoms with Crippen molar-refractivity contribution in [2.75, 3.05) is 14.2 Å². The van der Waals surface area contributed by atoms with Gasteiger partial charge < -0.3 is 14.2 Å². The normalized spacial score (nSPS) is 36.2. The molecule has 2 atom stereocenters. The minimum atomic E-state index is -0.762. The highest BCUT2D eigenvalue weighted by atomic mass is 16.9. The lowest BCUT2D eigenvalue weighted by Gasteiger charge is -2.53. The fraction of sp³-hybridized carbons (Fsp3) is 1.00. The van der Waals surface area contributed by atoms with Gasteiger partial charge in [0.25, 0.3) is 5.97 Å². The van der Waals surface area contributed by atoms with Crippen molar-refractivity contribution in [2.24, 2.45) is 11.8 Å². The Hall–Kier alpha value is -0.120. The summed E-state index contributed by atoms with van der Waals surface area (Å²) < 4.78 is 16.5. The second-order valence-electron chi connectivity index (χ2n) is 4.78. The molecule has 1 saturated heterocycles. The van der Waals surface area contributed by atoms with Crippen LogP contribution in [-0.4, -0.2) is 26.3 Å². The van der Waals surface area contributed by atoms with Crippen molar-refractivity contribution in [3.8, 4) is 0 Å². The Morgan fingerprint density at radius 1 is 1.07 bits per heavy atom. The molecule has 0 aromatic heterocycles. The first-order valence-electron chi connectivity index (χ1n) is 6.01. The van der Waals surface area contributed by atoms with Crippen molar-refractivity contribution in [3.63, 3.8) is 0 Å². The van der Waals surface area contributed by atoms with Gasteiger partial charge in [-0.15, -0.1) is 0 Å². The van der Waals surface area contributed by atoms with E-state index in [1.807, 2.05) is 0 Å². The number of ether oxygens (including phenoxy) is 3. The molecular formula is C12H22O3. The average Bonchev–Trinajstić information content (AvgIpc) is 2.30. The summed E-state index contributed by atoms with van der Waals surface area (Å²) in [6.45, 7) is 2.16. The summed E-state index contributed by atoms with van der Waals surface area (Å²) in [5.41, 5.74) is 0. The molecule has 2 rings (SSSR count). The van der Waals surface area contributed by atoms with Crippen molar-refractivity contribution in [2.45, 2.75) is 51.1 Å². The number of methoxy groups -OCH3 is 2. The topological polar surface area (TPSA) is 27.7 Å². The average molecular weight is 214 g/mol. The summed E-state index contributed by atoms with van der Waals surface area (Å²) in [5.74, 6) is 0.296. The van der Waals surface area contributed by atoms with Crippen molar-refractivity contribution >= 4 is 0 Å². The van der Waals surface area contributed by atoms with E-state index < -0.39 is 5.97 Å². The van der Waals surface area contributed by atoms with E-state index in [0.717, 1.165) is 0 Å². The van der Waals surface area contributed by atoms with E-state index in [4.69, 9.17) is 14.2 Å². The molecule has 2 fully saturated rings. The van der Waals surface area contributed by atoms with Crippen LogP contribution in [0, 0.1) is 11.8 Å². The number of hydrogen-bond donors (Lipinski definition) is 0. The second-order valence-corrected chi connectivity index (χ2v) is 4.78. The smallest absolute Gasteiger partial charge is 0.287 e. The zero-order valence-corrected chi connectivity index (χ0v) is 9.99. The SMILES string of the molecule is COC1(OC)O[C@@H](C2CCCCC2)[C@@H]1C. The molecule has 1 heterocycles. The van der Waals surface area contributed by atoms with Crippen molar-refractivity contribution < 1.29 is 14.2 Å². The first-order chi connectivity index (χ1) is 7.23. The van der Waals surface area contributed by atoms with Gasteiger partial charge in [-0.1, -0.05) is 26.2 Å². The van der Waals surface area contributed by atoms with Gasteiger partial charge in [0.05, 0.1) is 12.0 Å². The highest BCUT2D eigenvalue weighted by Gasteiger charge is 2.57. The highest BCUT2D eigenvalue weighted by Crippen LogP contribution is 2.46. The van der Waals surface area contributed by atoms with Gasteiger partial charge in [0.1, 0.15) is 0 Å². The lowest BCUT2D eigenvalue weighted by atomic mass is 9.77. The molecule has 0 bridgehead atoms. The summed E-state index contributed by atoms with van der Waals surface area (Å²) in [5, 5.41) is 0. The fourth-order valence-electron chi connectivity index (χ4n) is 3.05. The van der Waals surface area contributed by atoms with Crippen LogP contribution in [0.2, 0.25) is 0 Å². The van der Waals surface area contributed by atoms with Crippen LogP contribution < -0.4 is 0 Å². The van der Waals surface area contributed by atoms with Crippen LogP contribution in [0.5, 0.6) is 0 Å². The second kappa shape index (κ2) is 4.40. The molecule has 0 aromatic rings. The minimum Gasteiger partial charge on any atom is -0.331 e. The van der Waals surface area contributed by atoms with Crippen LogP contribution >= 0.6 is 0 Å². The molecule has 3 heteroatoms. The summed E-state index contributed by atoms with van der Waals surface area (Å²) in [6.07, 6.45) is 7.04. The molecule has 0 spiro atoms. The molecule has 88 valence electrons. The van der Waals surface area contributed by atoms with E-state index in [0.29, 0.717) is 17.9 Å². The standard InChI is InChI=1S/C12H22O3/c1-9-11(10-7-5-4-6-8-10)15-12(9,13-2)14-3/h9-11H,4-8H2,1-3H3/t9-,11+/m0/s1. The van der Waals surface area contributed by atoms with E-state index in [1.54, 1.807) is 14.2 Å². The molecule has 0 radical (unpaired) electrons. The molecular weight excluding hydrogens is 192 g/mol. The molecule has 0 aromatic carbocycles. The van der Waals surface area contributed by atoms with Gasteiger partial charge in [-0.3, -0.25) is 0 Å². The largest absolute Gasteiger partial charge is 0.331 e. The fourth-order valence-corrected chi connectivity index (χ4v) is 3.05. The molecule has 2 aliphatic rings. The first-order valence-corrected chi connectivity index (χ1v) is 6.01. The third-order valence-corrected chi connectivity index (χ3v) is 4.03. The maximum atomic E-state index is 5.83. The Morgan fingerprint density at radius 2 is 1.67 bits per heavy atom. The van der Waals surface area contributed by atoms with Crippen molar-refractivity contribution in [3.05, 3.63) is 0 Å². The third kappa shape index (κ3) is 1.81. The van der Waals surface area contributed by atoms with E-state index in [-0.39, 0.29) is 0 Å². The van der Waals surface area contributed by atoms with E-state index in [2.05, 4.69) is 6.92 Å². The first kappa shape index (κ1) is 11.4. The van der Waals surface area contributed by atoms with Gasteiger partial charge in [0, 0.05) is 14.2 Å². The zero-order valence-electron chi connectivity index (χ0n) is 9.99. The Kier molecular flexibility index (Phi) is 3.33. The van der Waals surface area contributed by atoms with Gasteiger partial charge in [0.15, 0.2) is 0 Å². The van der Waals surface area contributed by atoms with E-state index in [9.17, 15) is 0 Å². The lowest BCUT2D eigenvalue weighted by molar-refractivity contribution is -0.484. The molecule has 1 aliphatic carbocycles. The van der Waals surface area contributed by atoms with Crippen LogP contribution in [0.3, 0.4) is 0 Å². The molecule has 3 nitrogen and oxygen atoms in total. The van der Waals surface area contributed by atoms with Crippen LogP contribution in [0.15, 0.2) is 0 Å². The summed E-state index contributed by atoms with van der Waals surface area (Å²) >= 11 is 0. The molecule has 15 heavy (non-hydrogen) atoms. The van der Waals surface area contributed by atoms with Crippen LogP contribution in [0.25, 0.3) is 0 Å². The summed E-state index contributed by atoms with van der Waals surface area (Å²) in [6, 6.07) is 0. The minimum absolute atomic E-state index is 0.338. The summed E-state index contributed by atoms with van der Waals surface area (Å²) in [7, 11) is 3.30. The predicted octanol–water partition coefficient (Wildman–Crippen LogP) is 2.55. The van der Waals surface area contributed by atoms with Gasteiger partial charge in [-0.25, -0.2) is 0 Å². The van der Waals surface area contributed by atoms with Crippen LogP contribution in [-0.2, 0) is 14.2 Å². The molecule has 0 unspecified atom stereocenters. The van der Waals surface area contributed by atoms with Gasteiger partial charge >= 0.3 is 0 Å². The molecule has 1 saturated carbocycles. The Labute approximate surface area is 92.1 Å². The van der Waals surface area contributed by atoms with Crippen LogP contribution in [0.1, 0.15) is 39.0 Å². The maximum Gasteiger partial charge on any atom is 0.287 e. The number of rotatable bonds is 3. The van der Waals surface area contributed by atoms with Gasteiger partial charge in [0.2, 0.25) is 0 Å². The van der Waals surface area contributed by atoms with Gasteiger partial charge in [-0.2, -0.15) is 0 Å². The molecule has 0 N–H and O–H groups in total. The Balaban J connectivity index is 1.92. The Bertz CT molecular complexity index is 207. The quantitative estimate of drug-likeness (QED) is 0.676. The molecule has 0 amide bonds. The predicted molar refractivity (Wildman–Crippen MR) is 57.4 cm³/mol. The Morgan fingerprint density at radius 3 is 2.13 bits per heavy atom. The van der Waals surface area contributed by atoms with E-state index >= 15 is 0 Å².